The van der Waals surface area contributed by atoms with Crippen LogP contribution in [0.4, 0.5) is 0 Å². The third-order valence-electron chi connectivity index (χ3n) is 1.73. The van der Waals surface area contributed by atoms with Crippen LogP contribution in [0.5, 0.6) is 0 Å². The highest BCUT2D eigenvalue weighted by Crippen LogP contribution is 2.20. The molecular formula is C8H15NO4. The van der Waals surface area contributed by atoms with Gasteiger partial charge in [0.2, 0.25) is 5.91 Å². The van der Waals surface area contributed by atoms with Crippen LogP contribution in [0.3, 0.4) is 0 Å². The number of rotatable bonds is 3. The minimum Gasteiger partial charge on any atom is -0.367 e. The van der Waals surface area contributed by atoms with Crippen LogP contribution in [0.25, 0.3) is 0 Å². The lowest BCUT2D eigenvalue weighted by Gasteiger charge is -2.22. The van der Waals surface area contributed by atoms with Crippen LogP contribution >= 0.6 is 0 Å². The van der Waals surface area contributed by atoms with E-state index in [1.165, 1.54) is 13.8 Å². The van der Waals surface area contributed by atoms with Crippen LogP contribution in [0.1, 0.15) is 20.3 Å². The van der Waals surface area contributed by atoms with Gasteiger partial charge in [0.15, 0.2) is 5.79 Å². The number of hydrogen-bond acceptors (Lipinski definition) is 4. The zero-order valence-electron chi connectivity index (χ0n) is 7.82. The van der Waals surface area contributed by atoms with Gasteiger partial charge in [-0.2, -0.15) is 0 Å². The minimum atomic E-state index is -1.19. The van der Waals surface area contributed by atoms with E-state index in [9.17, 15) is 9.90 Å². The van der Waals surface area contributed by atoms with Crippen molar-refractivity contribution in [3.63, 3.8) is 0 Å². The highest BCUT2D eigenvalue weighted by Gasteiger charge is 2.32. The van der Waals surface area contributed by atoms with Crippen molar-refractivity contribution in [3.05, 3.63) is 0 Å². The molecule has 1 aliphatic rings. The van der Waals surface area contributed by atoms with Gasteiger partial charge >= 0.3 is 0 Å². The van der Waals surface area contributed by atoms with Crippen molar-refractivity contribution in [2.75, 3.05) is 6.61 Å². The van der Waals surface area contributed by atoms with Gasteiger partial charge < -0.3 is 20.3 Å². The molecule has 1 amide bonds. The van der Waals surface area contributed by atoms with Crippen molar-refractivity contribution in [2.45, 2.75) is 38.3 Å². The predicted octanol–water partition coefficient (Wildman–Crippen LogP) is -0.626. The average molecular weight is 189 g/mol. The average Bonchev–Trinajstić information content (AvgIpc) is 2.31. The fourth-order valence-corrected chi connectivity index (χ4v) is 1.29. The Bertz CT molecular complexity index is 199. The number of hydrogen-bond donors (Lipinski definition) is 2. The van der Waals surface area contributed by atoms with E-state index in [2.05, 4.69) is 0 Å². The number of carbonyl (C=O) groups is 1. The summed E-state index contributed by atoms with van der Waals surface area (Å²) >= 11 is 0. The molecule has 2 unspecified atom stereocenters. The molecule has 0 aliphatic carbocycles. The van der Waals surface area contributed by atoms with Crippen LogP contribution in [0.15, 0.2) is 0 Å². The summed E-state index contributed by atoms with van der Waals surface area (Å²) in [5.74, 6) is -1.68. The van der Waals surface area contributed by atoms with Gasteiger partial charge in [0.1, 0.15) is 6.10 Å². The summed E-state index contributed by atoms with van der Waals surface area (Å²) in [4.78, 5) is 10.7. The van der Waals surface area contributed by atoms with Crippen molar-refractivity contribution in [2.24, 2.45) is 5.73 Å². The summed E-state index contributed by atoms with van der Waals surface area (Å²) in [7, 11) is 0. The van der Waals surface area contributed by atoms with Gasteiger partial charge in [-0.15, -0.1) is 0 Å². The van der Waals surface area contributed by atoms with Crippen LogP contribution in [-0.4, -0.2) is 35.6 Å². The maximum atomic E-state index is 10.7. The predicted molar refractivity (Wildman–Crippen MR) is 44.7 cm³/mol. The SMILES string of the molecule is CC(C)(O)OC1COC(C(N)=O)C1. The molecule has 0 radical (unpaired) electrons. The fraction of sp³-hybridized carbons (Fsp3) is 0.875. The highest BCUT2D eigenvalue weighted by atomic mass is 16.6. The van der Waals surface area contributed by atoms with E-state index in [4.69, 9.17) is 15.2 Å². The summed E-state index contributed by atoms with van der Waals surface area (Å²) < 4.78 is 10.3. The van der Waals surface area contributed by atoms with Crippen molar-refractivity contribution in [1.29, 1.82) is 0 Å². The molecule has 0 aromatic rings. The third kappa shape index (κ3) is 3.30. The van der Waals surface area contributed by atoms with E-state index in [0.29, 0.717) is 13.0 Å². The maximum Gasteiger partial charge on any atom is 0.246 e. The van der Waals surface area contributed by atoms with Gasteiger partial charge in [0.25, 0.3) is 0 Å². The second-order valence-electron chi connectivity index (χ2n) is 3.65. The molecule has 0 spiro atoms. The second kappa shape index (κ2) is 3.61. The van der Waals surface area contributed by atoms with Gasteiger partial charge in [-0.1, -0.05) is 0 Å². The molecule has 1 rings (SSSR count). The molecule has 3 N–H and O–H groups in total. The Hall–Kier alpha value is -0.650. The Labute approximate surface area is 76.8 Å². The van der Waals surface area contributed by atoms with Gasteiger partial charge in [-0.25, -0.2) is 0 Å². The molecule has 5 nitrogen and oxygen atoms in total. The molecule has 1 saturated heterocycles. The summed E-state index contributed by atoms with van der Waals surface area (Å²) in [5, 5.41) is 9.31. The molecule has 1 aliphatic heterocycles. The van der Waals surface area contributed by atoms with Gasteiger partial charge in [-0.3, -0.25) is 4.79 Å². The first-order valence-corrected chi connectivity index (χ1v) is 4.19. The Morgan fingerprint density at radius 3 is 2.69 bits per heavy atom. The van der Waals surface area contributed by atoms with E-state index in [-0.39, 0.29) is 6.10 Å². The van der Waals surface area contributed by atoms with E-state index >= 15 is 0 Å². The van der Waals surface area contributed by atoms with Crippen LogP contribution < -0.4 is 5.73 Å². The smallest absolute Gasteiger partial charge is 0.246 e. The van der Waals surface area contributed by atoms with Crippen LogP contribution in [0.2, 0.25) is 0 Å². The Morgan fingerprint density at radius 1 is 1.69 bits per heavy atom. The Morgan fingerprint density at radius 2 is 2.31 bits per heavy atom. The molecule has 0 aromatic carbocycles. The number of carbonyl (C=O) groups excluding carboxylic acids is 1. The van der Waals surface area contributed by atoms with Crippen molar-refractivity contribution in [3.8, 4) is 0 Å². The monoisotopic (exact) mass is 189 g/mol. The number of amides is 1. The first-order chi connectivity index (χ1) is 5.88. The van der Waals surface area contributed by atoms with Crippen LogP contribution in [-0.2, 0) is 14.3 Å². The number of aliphatic hydroxyl groups is 1. The lowest BCUT2D eigenvalue weighted by Crippen LogP contribution is -2.32. The Balaban J connectivity index is 2.38. The quantitative estimate of drug-likeness (QED) is 0.579. The molecule has 1 fully saturated rings. The lowest BCUT2D eigenvalue weighted by atomic mass is 10.2. The zero-order valence-corrected chi connectivity index (χ0v) is 7.82. The van der Waals surface area contributed by atoms with Crippen molar-refractivity contribution in [1.82, 2.24) is 0 Å². The van der Waals surface area contributed by atoms with Crippen molar-refractivity contribution >= 4 is 5.91 Å². The van der Waals surface area contributed by atoms with Gasteiger partial charge in [-0.05, 0) is 13.8 Å². The third-order valence-corrected chi connectivity index (χ3v) is 1.73. The highest BCUT2D eigenvalue weighted by molar-refractivity contribution is 5.79. The standard InChI is InChI=1S/C8H15NO4/c1-8(2,11)13-5-3-6(7(9)10)12-4-5/h5-6,11H,3-4H2,1-2H3,(H2,9,10). The second-order valence-corrected chi connectivity index (χ2v) is 3.65. The lowest BCUT2D eigenvalue weighted by molar-refractivity contribution is -0.204. The minimum absolute atomic E-state index is 0.252. The van der Waals surface area contributed by atoms with E-state index in [1.54, 1.807) is 0 Å². The topological polar surface area (TPSA) is 81.8 Å². The summed E-state index contributed by atoms with van der Waals surface area (Å²) in [6, 6.07) is 0. The molecule has 13 heavy (non-hydrogen) atoms. The van der Waals surface area contributed by atoms with E-state index in [0.717, 1.165) is 0 Å². The van der Waals surface area contributed by atoms with Crippen LogP contribution in [0, 0.1) is 0 Å². The normalized spacial score (nSPS) is 29.2. The molecule has 1 heterocycles. The largest absolute Gasteiger partial charge is 0.367 e. The fourth-order valence-electron chi connectivity index (χ4n) is 1.29. The first-order valence-electron chi connectivity index (χ1n) is 4.19. The Kier molecular flexibility index (Phi) is 2.90. The number of ether oxygens (including phenoxy) is 2. The van der Waals surface area contributed by atoms with Gasteiger partial charge in [0.05, 0.1) is 12.7 Å². The molecule has 0 aromatic heterocycles. The zero-order chi connectivity index (χ0) is 10.1. The molecule has 0 bridgehead atoms. The van der Waals surface area contributed by atoms with E-state index in [1.807, 2.05) is 0 Å². The molecule has 2 atom stereocenters. The maximum absolute atomic E-state index is 10.7. The summed E-state index contributed by atoms with van der Waals surface area (Å²) in [5.41, 5.74) is 5.04. The molecule has 0 saturated carbocycles. The molecule has 5 heteroatoms. The summed E-state index contributed by atoms with van der Waals surface area (Å²) in [6.07, 6.45) is -0.413. The number of primary amides is 1. The molecular weight excluding hydrogens is 174 g/mol. The first kappa shape index (κ1) is 10.4. The van der Waals surface area contributed by atoms with Gasteiger partial charge in [0, 0.05) is 6.42 Å². The summed E-state index contributed by atoms with van der Waals surface area (Å²) in [6.45, 7) is 3.37. The van der Waals surface area contributed by atoms with Crippen molar-refractivity contribution < 1.29 is 19.4 Å². The molecule has 76 valence electrons. The van der Waals surface area contributed by atoms with E-state index < -0.39 is 17.8 Å². The number of nitrogens with two attached hydrogens (primary N) is 1.